The highest BCUT2D eigenvalue weighted by Crippen LogP contribution is 2.30. The van der Waals surface area contributed by atoms with E-state index in [0.29, 0.717) is 11.7 Å². The molecule has 3 rings (SSSR count). The van der Waals surface area contributed by atoms with E-state index in [-0.39, 0.29) is 5.91 Å². The third-order valence-electron chi connectivity index (χ3n) is 4.81. The zero-order valence-electron chi connectivity index (χ0n) is 16.3. The van der Waals surface area contributed by atoms with Crippen molar-refractivity contribution in [3.8, 4) is 0 Å². The number of amides is 1. The number of likely N-dealkylation sites (tertiary alicyclic amines) is 1. The highest BCUT2D eigenvalue weighted by atomic mass is 32.2. The van der Waals surface area contributed by atoms with Crippen molar-refractivity contribution < 1.29 is 4.79 Å². The van der Waals surface area contributed by atoms with Gasteiger partial charge in [-0.1, -0.05) is 55.2 Å². The average Bonchev–Trinajstić information content (AvgIpc) is 2.73. The lowest BCUT2D eigenvalue weighted by Crippen LogP contribution is -2.37. The summed E-state index contributed by atoms with van der Waals surface area (Å²) in [5, 5.41) is 0. The largest absolute Gasteiger partial charge is 0.357 e. The standard InChI is InChI=1S/C22H26N2OS3/c1-17-8-7-13-23(15-17)22(26)28-16-21(25)24(18-9-4-3-5-10-18)19-11-6-12-20(14-19)27-2/h3-6,9-12,14,17H,7-8,13,15-16H2,1-2H3. The molecule has 0 aromatic heterocycles. The molecular formula is C22H26N2OS3. The number of rotatable bonds is 5. The number of carbonyl (C=O) groups is 1. The molecule has 6 heteroatoms. The molecule has 2 aromatic carbocycles. The second kappa shape index (κ2) is 10.3. The van der Waals surface area contributed by atoms with Crippen LogP contribution in [-0.4, -0.2) is 40.2 Å². The van der Waals surface area contributed by atoms with Crippen LogP contribution in [0, 0.1) is 5.92 Å². The van der Waals surface area contributed by atoms with E-state index >= 15 is 0 Å². The molecule has 2 aromatic rings. The number of anilines is 2. The topological polar surface area (TPSA) is 23.6 Å². The van der Waals surface area contributed by atoms with Crippen LogP contribution in [0.5, 0.6) is 0 Å². The Morgan fingerprint density at radius 2 is 1.93 bits per heavy atom. The van der Waals surface area contributed by atoms with Crippen molar-refractivity contribution in [1.82, 2.24) is 4.90 Å². The maximum Gasteiger partial charge on any atom is 0.241 e. The summed E-state index contributed by atoms with van der Waals surface area (Å²) >= 11 is 8.78. The Bertz CT molecular complexity index is 812. The van der Waals surface area contributed by atoms with Gasteiger partial charge in [0.15, 0.2) is 0 Å². The SMILES string of the molecule is CSc1cccc(N(C(=O)CSC(=S)N2CCCC(C)C2)c2ccccc2)c1. The number of nitrogens with zero attached hydrogens (tertiary/aromatic N) is 2. The molecular weight excluding hydrogens is 404 g/mol. The van der Waals surface area contributed by atoms with E-state index < -0.39 is 0 Å². The van der Waals surface area contributed by atoms with Crippen LogP contribution in [0.25, 0.3) is 0 Å². The quantitative estimate of drug-likeness (QED) is 0.439. The fourth-order valence-corrected chi connectivity index (χ4v) is 4.92. The average molecular weight is 431 g/mol. The molecule has 1 aliphatic heterocycles. The van der Waals surface area contributed by atoms with Gasteiger partial charge in [-0.25, -0.2) is 0 Å². The lowest BCUT2D eigenvalue weighted by molar-refractivity contribution is -0.115. The van der Waals surface area contributed by atoms with Crippen molar-refractivity contribution in [2.24, 2.45) is 5.92 Å². The first-order valence-electron chi connectivity index (χ1n) is 9.52. The van der Waals surface area contributed by atoms with Gasteiger partial charge in [0.05, 0.1) is 11.4 Å². The van der Waals surface area contributed by atoms with Crippen LogP contribution in [0.1, 0.15) is 19.8 Å². The molecule has 1 aliphatic rings. The van der Waals surface area contributed by atoms with Gasteiger partial charge in [0.2, 0.25) is 5.91 Å². The van der Waals surface area contributed by atoms with Gasteiger partial charge in [-0.2, -0.15) is 0 Å². The normalized spacial score (nSPS) is 16.6. The third-order valence-corrected chi connectivity index (χ3v) is 7.04. The maximum atomic E-state index is 13.2. The van der Waals surface area contributed by atoms with Crippen molar-refractivity contribution in [1.29, 1.82) is 0 Å². The molecule has 28 heavy (non-hydrogen) atoms. The van der Waals surface area contributed by atoms with Gasteiger partial charge in [0, 0.05) is 23.7 Å². The van der Waals surface area contributed by atoms with Crippen LogP contribution in [0.15, 0.2) is 59.5 Å². The smallest absolute Gasteiger partial charge is 0.241 e. The molecule has 0 N–H and O–H groups in total. The van der Waals surface area contributed by atoms with Crippen LogP contribution in [0.4, 0.5) is 11.4 Å². The van der Waals surface area contributed by atoms with Crippen LogP contribution in [0.3, 0.4) is 0 Å². The van der Waals surface area contributed by atoms with Gasteiger partial charge in [-0.15, -0.1) is 11.8 Å². The fraction of sp³-hybridized carbons (Fsp3) is 0.364. The monoisotopic (exact) mass is 430 g/mol. The van der Waals surface area contributed by atoms with Gasteiger partial charge in [-0.3, -0.25) is 9.69 Å². The van der Waals surface area contributed by atoms with E-state index in [1.165, 1.54) is 24.6 Å². The number of thiocarbonyl (C=S) groups is 1. The third kappa shape index (κ3) is 5.52. The second-order valence-electron chi connectivity index (χ2n) is 7.01. The molecule has 1 unspecified atom stereocenters. The molecule has 1 saturated heterocycles. The molecule has 1 atom stereocenters. The second-order valence-corrected chi connectivity index (χ2v) is 9.50. The summed E-state index contributed by atoms with van der Waals surface area (Å²) < 4.78 is 0.839. The minimum atomic E-state index is 0.0434. The summed E-state index contributed by atoms with van der Waals surface area (Å²) in [5.41, 5.74) is 1.77. The summed E-state index contributed by atoms with van der Waals surface area (Å²) in [4.78, 5) is 18.4. The van der Waals surface area contributed by atoms with Crippen LogP contribution < -0.4 is 4.90 Å². The van der Waals surface area contributed by atoms with Gasteiger partial charge in [-0.05, 0) is 55.3 Å². The summed E-state index contributed by atoms with van der Waals surface area (Å²) in [7, 11) is 0. The Kier molecular flexibility index (Phi) is 7.82. The first kappa shape index (κ1) is 21.2. The number of hydrogen-bond donors (Lipinski definition) is 0. The number of carbonyl (C=O) groups excluding carboxylic acids is 1. The molecule has 0 bridgehead atoms. The molecule has 3 nitrogen and oxygen atoms in total. The van der Waals surface area contributed by atoms with Gasteiger partial charge < -0.3 is 4.90 Å². The van der Waals surface area contributed by atoms with E-state index in [1.54, 1.807) is 16.7 Å². The van der Waals surface area contributed by atoms with Gasteiger partial charge >= 0.3 is 0 Å². The van der Waals surface area contributed by atoms with Crippen LogP contribution in [0.2, 0.25) is 0 Å². The zero-order valence-corrected chi connectivity index (χ0v) is 18.8. The summed E-state index contributed by atoms with van der Waals surface area (Å²) in [5.74, 6) is 1.04. The Balaban J connectivity index is 1.74. The fourth-order valence-electron chi connectivity index (χ4n) is 3.40. The van der Waals surface area contributed by atoms with Crippen molar-refractivity contribution >= 4 is 57.3 Å². The maximum absolute atomic E-state index is 13.2. The van der Waals surface area contributed by atoms with Crippen molar-refractivity contribution in [2.45, 2.75) is 24.7 Å². The zero-order chi connectivity index (χ0) is 19.9. The highest BCUT2D eigenvalue weighted by molar-refractivity contribution is 8.23. The van der Waals surface area contributed by atoms with Crippen LogP contribution in [-0.2, 0) is 4.79 Å². The number of hydrogen-bond acceptors (Lipinski definition) is 4. The van der Waals surface area contributed by atoms with E-state index in [4.69, 9.17) is 12.2 Å². The van der Waals surface area contributed by atoms with E-state index in [9.17, 15) is 4.79 Å². The lowest BCUT2D eigenvalue weighted by Gasteiger charge is -2.32. The number of benzene rings is 2. The number of para-hydroxylation sites is 1. The molecule has 1 heterocycles. The lowest BCUT2D eigenvalue weighted by atomic mass is 10.0. The molecule has 0 aliphatic carbocycles. The van der Waals surface area contributed by atoms with Crippen molar-refractivity contribution in [2.75, 3.05) is 30.0 Å². The predicted octanol–water partition coefficient (Wildman–Crippen LogP) is 5.82. The number of thioether (sulfide) groups is 2. The summed E-state index contributed by atoms with van der Waals surface area (Å²) in [6, 6.07) is 17.9. The van der Waals surface area contributed by atoms with Crippen molar-refractivity contribution in [3.63, 3.8) is 0 Å². The Morgan fingerprint density at radius 1 is 1.18 bits per heavy atom. The molecule has 0 spiro atoms. The van der Waals surface area contributed by atoms with Gasteiger partial charge in [0.1, 0.15) is 4.32 Å². The van der Waals surface area contributed by atoms with E-state index in [2.05, 4.69) is 24.0 Å². The minimum Gasteiger partial charge on any atom is -0.357 e. The predicted molar refractivity (Wildman–Crippen MR) is 127 cm³/mol. The summed E-state index contributed by atoms with van der Waals surface area (Å²) in [6.07, 6.45) is 4.48. The minimum absolute atomic E-state index is 0.0434. The van der Waals surface area contributed by atoms with Gasteiger partial charge in [0.25, 0.3) is 0 Å². The van der Waals surface area contributed by atoms with E-state index in [1.807, 2.05) is 48.7 Å². The molecule has 148 valence electrons. The van der Waals surface area contributed by atoms with E-state index in [0.717, 1.165) is 33.7 Å². The molecule has 0 saturated carbocycles. The van der Waals surface area contributed by atoms with Crippen molar-refractivity contribution in [3.05, 3.63) is 54.6 Å². The molecule has 1 fully saturated rings. The highest BCUT2D eigenvalue weighted by Gasteiger charge is 2.22. The summed E-state index contributed by atoms with van der Waals surface area (Å²) in [6.45, 7) is 4.27. The molecule has 1 amide bonds. The Hall–Kier alpha value is -1.50. The first-order chi connectivity index (χ1) is 13.6. The Morgan fingerprint density at radius 3 is 2.64 bits per heavy atom. The van der Waals surface area contributed by atoms with Crippen LogP contribution >= 0.6 is 35.7 Å². The first-order valence-corrected chi connectivity index (χ1v) is 12.1. The Labute approximate surface area is 181 Å². The number of piperidine rings is 1. The molecule has 0 radical (unpaired) electrons.